The third kappa shape index (κ3) is 4.42. The zero-order valence-electron chi connectivity index (χ0n) is 15.9. The minimum Gasteiger partial charge on any atom is -0.354 e. The lowest BCUT2D eigenvalue weighted by molar-refractivity contribution is -0.386. The molecule has 1 N–H and O–H groups in total. The van der Waals surface area contributed by atoms with Crippen LogP contribution in [0.1, 0.15) is 22.0 Å². The van der Waals surface area contributed by atoms with E-state index in [1.165, 1.54) is 4.68 Å². The van der Waals surface area contributed by atoms with Crippen LogP contribution in [0, 0.1) is 30.9 Å². The van der Waals surface area contributed by atoms with Gasteiger partial charge in [-0.3, -0.25) is 19.6 Å². The van der Waals surface area contributed by atoms with Gasteiger partial charge in [-0.05, 0) is 32.8 Å². The third-order valence-electron chi connectivity index (χ3n) is 4.42. The van der Waals surface area contributed by atoms with Gasteiger partial charge >= 0.3 is 5.69 Å². The number of rotatable bonds is 7. The topological polar surface area (TPSA) is 103 Å². The van der Waals surface area contributed by atoms with Gasteiger partial charge in [-0.1, -0.05) is 24.3 Å². The number of nitrogens with zero attached hydrogens (tertiary/aromatic N) is 4. The summed E-state index contributed by atoms with van der Waals surface area (Å²) in [6.07, 6.45) is 0.694. The van der Waals surface area contributed by atoms with Crippen molar-refractivity contribution in [3.05, 3.63) is 61.7 Å². The molecule has 3 aromatic rings. The standard InChI is InChI=1S/C19H21N5O3S/c1-12-19(24(26)27)13(2)23(22-12)10-18(25)20-9-8-15-4-6-16(7-5-15)17-11-28-14(3)21-17/h4-7,11H,8-10H2,1-3H3,(H,20,25). The van der Waals surface area contributed by atoms with Gasteiger partial charge in [0.05, 0.1) is 15.6 Å². The molecule has 1 aromatic carbocycles. The van der Waals surface area contributed by atoms with Gasteiger partial charge in [0, 0.05) is 17.5 Å². The summed E-state index contributed by atoms with van der Waals surface area (Å²) in [5, 5.41) is 21.0. The zero-order chi connectivity index (χ0) is 20.3. The van der Waals surface area contributed by atoms with Crippen molar-refractivity contribution >= 4 is 22.9 Å². The molecule has 0 aliphatic heterocycles. The average Bonchev–Trinajstić information content (AvgIpc) is 3.19. The van der Waals surface area contributed by atoms with Crippen LogP contribution in [0.5, 0.6) is 0 Å². The van der Waals surface area contributed by atoms with E-state index in [9.17, 15) is 14.9 Å². The summed E-state index contributed by atoms with van der Waals surface area (Å²) < 4.78 is 1.37. The number of carbonyl (C=O) groups excluding carboxylic acids is 1. The number of benzene rings is 1. The van der Waals surface area contributed by atoms with E-state index in [4.69, 9.17) is 0 Å². The molecule has 28 heavy (non-hydrogen) atoms. The van der Waals surface area contributed by atoms with E-state index in [1.807, 2.05) is 36.6 Å². The fourth-order valence-corrected chi connectivity index (χ4v) is 3.60. The maximum Gasteiger partial charge on any atom is 0.312 e. The number of hydrogen-bond donors (Lipinski definition) is 1. The van der Waals surface area contributed by atoms with Crippen LogP contribution in [0.15, 0.2) is 29.6 Å². The largest absolute Gasteiger partial charge is 0.354 e. The summed E-state index contributed by atoms with van der Waals surface area (Å²) in [4.78, 5) is 27.2. The number of thiazole rings is 1. The molecule has 0 radical (unpaired) electrons. The Bertz CT molecular complexity index is 1010. The highest BCUT2D eigenvalue weighted by atomic mass is 32.1. The predicted molar refractivity (Wildman–Crippen MR) is 107 cm³/mol. The smallest absolute Gasteiger partial charge is 0.312 e. The van der Waals surface area contributed by atoms with Crippen molar-refractivity contribution in [2.45, 2.75) is 33.7 Å². The summed E-state index contributed by atoms with van der Waals surface area (Å²) in [5.41, 5.74) is 3.81. The van der Waals surface area contributed by atoms with Crippen LogP contribution in [-0.2, 0) is 17.8 Å². The number of amides is 1. The molecule has 0 fully saturated rings. The van der Waals surface area contributed by atoms with Gasteiger partial charge in [0.15, 0.2) is 0 Å². The van der Waals surface area contributed by atoms with Crippen molar-refractivity contribution < 1.29 is 9.72 Å². The molecule has 0 unspecified atom stereocenters. The molecule has 0 aliphatic rings. The molecule has 2 aromatic heterocycles. The molecule has 0 saturated carbocycles. The Labute approximate surface area is 166 Å². The minimum absolute atomic E-state index is 0.0387. The van der Waals surface area contributed by atoms with Crippen molar-refractivity contribution in [3.8, 4) is 11.3 Å². The molecule has 0 aliphatic carbocycles. The minimum atomic E-state index is -0.470. The van der Waals surface area contributed by atoms with Crippen LogP contribution >= 0.6 is 11.3 Å². The maximum absolute atomic E-state index is 12.1. The van der Waals surface area contributed by atoms with Crippen molar-refractivity contribution in [3.63, 3.8) is 0 Å². The van der Waals surface area contributed by atoms with Crippen LogP contribution < -0.4 is 5.32 Å². The van der Waals surface area contributed by atoms with Crippen molar-refractivity contribution in [2.24, 2.45) is 0 Å². The van der Waals surface area contributed by atoms with E-state index < -0.39 is 4.92 Å². The number of aromatic nitrogens is 3. The lowest BCUT2D eigenvalue weighted by atomic mass is 10.1. The highest BCUT2D eigenvalue weighted by Gasteiger charge is 2.22. The van der Waals surface area contributed by atoms with Crippen molar-refractivity contribution in [1.82, 2.24) is 20.1 Å². The summed E-state index contributed by atoms with van der Waals surface area (Å²) >= 11 is 1.62. The normalized spacial score (nSPS) is 10.8. The molecule has 2 heterocycles. The Morgan fingerprint density at radius 1 is 1.25 bits per heavy atom. The number of nitrogens with one attached hydrogen (secondary N) is 1. The van der Waals surface area contributed by atoms with E-state index in [1.54, 1.807) is 25.2 Å². The predicted octanol–water partition coefficient (Wildman–Crippen LogP) is 3.20. The second-order valence-electron chi connectivity index (χ2n) is 6.48. The first-order valence-corrected chi connectivity index (χ1v) is 9.69. The van der Waals surface area contributed by atoms with E-state index in [-0.39, 0.29) is 18.1 Å². The van der Waals surface area contributed by atoms with Crippen LogP contribution in [0.25, 0.3) is 11.3 Å². The quantitative estimate of drug-likeness (QED) is 0.485. The first-order valence-electron chi connectivity index (χ1n) is 8.81. The Morgan fingerprint density at radius 2 is 1.96 bits per heavy atom. The molecule has 1 amide bonds. The van der Waals surface area contributed by atoms with Crippen molar-refractivity contribution in [1.29, 1.82) is 0 Å². The monoisotopic (exact) mass is 399 g/mol. The summed E-state index contributed by atoms with van der Waals surface area (Å²) in [5.74, 6) is -0.227. The van der Waals surface area contributed by atoms with E-state index in [0.717, 1.165) is 21.8 Å². The number of carbonyl (C=O) groups is 1. The van der Waals surface area contributed by atoms with Gasteiger partial charge in [0.25, 0.3) is 0 Å². The number of nitro groups is 1. The molecular formula is C19H21N5O3S. The maximum atomic E-state index is 12.1. The van der Waals surface area contributed by atoms with Gasteiger partial charge < -0.3 is 5.32 Å². The Morgan fingerprint density at radius 3 is 2.54 bits per heavy atom. The molecule has 0 bridgehead atoms. The third-order valence-corrected chi connectivity index (χ3v) is 5.20. The highest BCUT2D eigenvalue weighted by Crippen LogP contribution is 2.22. The SMILES string of the molecule is Cc1nc(-c2ccc(CCNC(=O)Cn3nc(C)c([N+](=O)[O-])c3C)cc2)cs1. The van der Waals surface area contributed by atoms with Gasteiger partial charge in [-0.2, -0.15) is 5.10 Å². The lowest BCUT2D eigenvalue weighted by Crippen LogP contribution is -2.30. The first kappa shape index (κ1) is 19.7. The van der Waals surface area contributed by atoms with Crippen LogP contribution in [0.3, 0.4) is 0 Å². The van der Waals surface area contributed by atoms with Crippen LogP contribution in [0.2, 0.25) is 0 Å². The summed E-state index contributed by atoms with van der Waals surface area (Å²) in [6.45, 7) is 5.58. The average molecular weight is 399 g/mol. The van der Waals surface area contributed by atoms with Crippen LogP contribution in [-0.4, -0.2) is 32.1 Å². The summed E-state index contributed by atoms with van der Waals surface area (Å²) in [6, 6.07) is 8.11. The first-order chi connectivity index (χ1) is 13.3. The van der Waals surface area contributed by atoms with Crippen LogP contribution in [0.4, 0.5) is 5.69 Å². The van der Waals surface area contributed by atoms with Gasteiger partial charge in [0.2, 0.25) is 5.91 Å². The van der Waals surface area contributed by atoms with Gasteiger partial charge in [-0.25, -0.2) is 4.98 Å². The highest BCUT2D eigenvalue weighted by molar-refractivity contribution is 7.09. The fraction of sp³-hybridized carbons (Fsp3) is 0.316. The molecule has 0 spiro atoms. The molecule has 146 valence electrons. The van der Waals surface area contributed by atoms with Gasteiger partial charge in [0.1, 0.15) is 17.9 Å². The summed E-state index contributed by atoms with van der Waals surface area (Å²) in [7, 11) is 0. The molecule has 8 nitrogen and oxygen atoms in total. The second kappa shape index (κ2) is 8.30. The zero-order valence-corrected chi connectivity index (χ0v) is 16.7. The Hall–Kier alpha value is -3.07. The molecular weight excluding hydrogens is 378 g/mol. The molecule has 0 atom stereocenters. The second-order valence-corrected chi connectivity index (χ2v) is 7.55. The van der Waals surface area contributed by atoms with Crippen molar-refractivity contribution in [2.75, 3.05) is 6.54 Å². The Kier molecular flexibility index (Phi) is 5.84. The molecule has 0 saturated heterocycles. The van der Waals surface area contributed by atoms with E-state index in [0.29, 0.717) is 24.4 Å². The number of hydrogen-bond acceptors (Lipinski definition) is 6. The lowest BCUT2D eigenvalue weighted by Gasteiger charge is -2.07. The molecule has 9 heteroatoms. The van der Waals surface area contributed by atoms with E-state index >= 15 is 0 Å². The van der Waals surface area contributed by atoms with E-state index in [2.05, 4.69) is 15.4 Å². The number of aryl methyl sites for hydroxylation is 2. The fourth-order valence-electron chi connectivity index (χ4n) is 2.98. The van der Waals surface area contributed by atoms with Gasteiger partial charge in [-0.15, -0.1) is 11.3 Å². The Balaban J connectivity index is 1.52. The molecule has 3 rings (SSSR count).